The van der Waals surface area contributed by atoms with Gasteiger partial charge in [-0.3, -0.25) is 4.57 Å². The summed E-state index contributed by atoms with van der Waals surface area (Å²) in [4.78, 5) is 15.4. The van der Waals surface area contributed by atoms with Crippen molar-refractivity contribution < 1.29 is 0 Å². The SMILES string of the molecule is C1=CCC(c2nc(-c3ccccc3)nc(-n3c4ccccc4c4cc5c(cc43)c3ccccc3n5-c3ccc(-c4ccccc4)cc3)n2)C=C1. The third-order valence-electron chi connectivity index (χ3n) is 9.88. The van der Waals surface area contributed by atoms with Gasteiger partial charge in [0.15, 0.2) is 5.82 Å². The highest BCUT2D eigenvalue weighted by Gasteiger charge is 2.22. The molecular weight excluding hydrogens is 611 g/mol. The summed E-state index contributed by atoms with van der Waals surface area (Å²) in [6.07, 6.45) is 9.39. The van der Waals surface area contributed by atoms with Crippen LogP contribution in [0.5, 0.6) is 0 Å². The molecule has 0 amide bonds. The van der Waals surface area contributed by atoms with E-state index in [0.29, 0.717) is 11.8 Å². The second kappa shape index (κ2) is 11.5. The Labute approximate surface area is 289 Å². The van der Waals surface area contributed by atoms with Crippen molar-refractivity contribution in [2.75, 3.05) is 0 Å². The average Bonchev–Trinajstić information content (AvgIpc) is 3.70. The lowest BCUT2D eigenvalue weighted by molar-refractivity contribution is 0.750. The first kappa shape index (κ1) is 28.4. The monoisotopic (exact) mass is 641 g/mol. The van der Waals surface area contributed by atoms with Crippen molar-refractivity contribution >= 4 is 43.6 Å². The minimum absolute atomic E-state index is 0.0789. The molecule has 1 aliphatic carbocycles. The van der Waals surface area contributed by atoms with Crippen molar-refractivity contribution in [1.82, 2.24) is 24.1 Å². The molecule has 0 bridgehead atoms. The number of allylic oxidation sites excluding steroid dienone is 4. The molecule has 3 heterocycles. The van der Waals surface area contributed by atoms with E-state index in [9.17, 15) is 0 Å². The lowest BCUT2D eigenvalue weighted by atomic mass is 10.00. The molecule has 1 unspecified atom stereocenters. The molecule has 0 fully saturated rings. The molecular formula is C45H31N5. The van der Waals surface area contributed by atoms with Crippen molar-refractivity contribution in [1.29, 1.82) is 0 Å². The zero-order chi connectivity index (χ0) is 33.0. The second-order valence-corrected chi connectivity index (χ2v) is 12.8. The van der Waals surface area contributed by atoms with Crippen LogP contribution in [0, 0.1) is 0 Å². The number of para-hydroxylation sites is 2. The third kappa shape index (κ3) is 4.59. The number of aromatic nitrogens is 5. The number of fused-ring (bicyclic) bond motifs is 6. The first-order chi connectivity index (χ1) is 24.8. The van der Waals surface area contributed by atoms with Crippen LogP contribution in [0.1, 0.15) is 18.2 Å². The Morgan fingerprint density at radius 2 is 1.04 bits per heavy atom. The predicted molar refractivity (Wildman–Crippen MR) is 205 cm³/mol. The average molecular weight is 642 g/mol. The van der Waals surface area contributed by atoms with E-state index < -0.39 is 0 Å². The van der Waals surface area contributed by atoms with E-state index >= 15 is 0 Å². The number of nitrogens with zero attached hydrogens (tertiary/aromatic N) is 5. The van der Waals surface area contributed by atoms with E-state index in [2.05, 4.69) is 161 Å². The van der Waals surface area contributed by atoms with Crippen LogP contribution < -0.4 is 0 Å². The lowest BCUT2D eigenvalue weighted by Gasteiger charge is -2.15. The summed E-state index contributed by atoms with van der Waals surface area (Å²) in [6.45, 7) is 0. The summed E-state index contributed by atoms with van der Waals surface area (Å²) in [7, 11) is 0. The molecule has 1 atom stereocenters. The number of hydrogen-bond donors (Lipinski definition) is 0. The molecule has 0 spiro atoms. The molecule has 6 aromatic carbocycles. The normalized spacial score (nSPS) is 14.4. The quantitative estimate of drug-likeness (QED) is 0.188. The molecule has 3 aromatic heterocycles. The fourth-order valence-corrected chi connectivity index (χ4v) is 7.49. The maximum atomic E-state index is 5.20. The number of hydrogen-bond acceptors (Lipinski definition) is 3. The van der Waals surface area contributed by atoms with Gasteiger partial charge in [0.1, 0.15) is 5.82 Å². The van der Waals surface area contributed by atoms with Crippen molar-refractivity contribution in [3.63, 3.8) is 0 Å². The molecule has 0 saturated carbocycles. The van der Waals surface area contributed by atoms with Gasteiger partial charge in [0.25, 0.3) is 0 Å². The standard InChI is InChI=1S/C45H31N5/c1-4-14-30(15-5-1)31-24-26-34(27-25-31)49-39-22-12-10-20-35(39)37-29-42-38(28-41(37)49)36-21-11-13-23-40(36)50(42)45-47-43(32-16-6-2-7-17-32)46-44(48-45)33-18-8-3-9-19-33/h1-18,20-29,33H,19H2. The summed E-state index contributed by atoms with van der Waals surface area (Å²) in [5.74, 6) is 2.16. The lowest BCUT2D eigenvalue weighted by Crippen LogP contribution is -2.11. The van der Waals surface area contributed by atoms with E-state index in [4.69, 9.17) is 15.0 Å². The van der Waals surface area contributed by atoms with E-state index in [-0.39, 0.29) is 5.92 Å². The third-order valence-corrected chi connectivity index (χ3v) is 9.88. The predicted octanol–water partition coefficient (Wildman–Crippen LogP) is 11.0. The van der Waals surface area contributed by atoms with Crippen LogP contribution in [0.25, 0.3) is 77.8 Å². The van der Waals surface area contributed by atoms with Crippen LogP contribution >= 0.6 is 0 Å². The van der Waals surface area contributed by atoms with Gasteiger partial charge in [-0.25, -0.2) is 4.98 Å². The summed E-state index contributed by atoms with van der Waals surface area (Å²) in [6, 6.07) is 51.6. The molecule has 5 nitrogen and oxygen atoms in total. The van der Waals surface area contributed by atoms with Crippen LogP contribution in [-0.4, -0.2) is 24.1 Å². The maximum Gasteiger partial charge on any atom is 0.238 e. The largest absolute Gasteiger partial charge is 0.309 e. The van der Waals surface area contributed by atoms with E-state index in [1.54, 1.807) is 0 Å². The van der Waals surface area contributed by atoms with E-state index in [1.165, 1.54) is 27.4 Å². The first-order valence-corrected chi connectivity index (χ1v) is 17.1. The number of rotatable bonds is 5. The van der Waals surface area contributed by atoms with Crippen LogP contribution in [0.15, 0.2) is 170 Å². The number of benzene rings is 6. The Bertz CT molecular complexity index is 2770. The van der Waals surface area contributed by atoms with E-state index in [1.807, 2.05) is 18.2 Å². The van der Waals surface area contributed by atoms with Crippen molar-refractivity contribution in [3.8, 4) is 34.2 Å². The van der Waals surface area contributed by atoms with Crippen LogP contribution in [0.2, 0.25) is 0 Å². The summed E-state index contributed by atoms with van der Waals surface area (Å²) >= 11 is 0. The van der Waals surface area contributed by atoms with Gasteiger partial charge in [0.05, 0.1) is 22.1 Å². The molecule has 9 aromatic rings. The fraction of sp³-hybridized carbons (Fsp3) is 0.0444. The van der Waals surface area contributed by atoms with Crippen LogP contribution in [0.3, 0.4) is 0 Å². The second-order valence-electron chi connectivity index (χ2n) is 12.8. The highest BCUT2D eigenvalue weighted by atomic mass is 15.2. The molecule has 10 rings (SSSR count). The first-order valence-electron chi connectivity index (χ1n) is 17.1. The smallest absolute Gasteiger partial charge is 0.238 e. The molecule has 50 heavy (non-hydrogen) atoms. The highest BCUT2D eigenvalue weighted by Crippen LogP contribution is 2.40. The fourth-order valence-electron chi connectivity index (χ4n) is 7.49. The van der Waals surface area contributed by atoms with Crippen molar-refractivity contribution in [3.05, 3.63) is 176 Å². The maximum absolute atomic E-state index is 5.20. The van der Waals surface area contributed by atoms with Gasteiger partial charge in [0.2, 0.25) is 5.95 Å². The topological polar surface area (TPSA) is 48.5 Å². The van der Waals surface area contributed by atoms with Crippen molar-refractivity contribution in [2.24, 2.45) is 0 Å². The van der Waals surface area contributed by atoms with E-state index in [0.717, 1.165) is 50.8 Å². The Hall–Kier alpha value is -6.59. The van der Waals surface area contributed by atoms with Gasteiger partial charge in [-0.2, -0.15) is 9.97 Å². The minimum atomic E-state index is 0.0789. The molecule has 236 valence electrons. The summed E-state index contributed by atoms with van der Waals surface area (Å²) in [5.41, 5.74) is 8.97. The Kier molecular flexibility index (Phi) is 6.56. The van der Waals surface area contributed by atoms with Gasteiger partial charge in [0, 0.05) is 38.7 Å². The van der Waals surface area contributed by atoms with Crippen molar-refractivity contribution in [2.45, 2.75) is 12.3 Å². The molecule has 0 N–H and O–H groups in total. The van der Waals surface area contributed by atoms with Gasteiger partial charge < -0.3 is 4.57 Å². The highest BCUT2D eigenvalue weighted by molar-refractivity contribution is 6.18. The van der Waals surface area contributed by atoms with Crippen LogP contribution in [0.4, 0.5) is 0 Å². The Balaban J connectivity index is 1.23. The Morgan fingerprint density at radius 1 is 0.460 bits per heavy atom. The molecule has 0 aliphatic heterocycles. The van der Waals surface area contributed by atoms with Gasteiger partial charge in [-0.05, 0) is 53.9 Å². The summed E-state index contributed by atoms with van der Waals surface area (Å²) in [5, 5.41) is 4.70. The van der Waals surface area contributed by atoms with Gasteiger partial charge >= 0.3 is 0 Å². The summed E-state index contributed by atoms with van der Waals surface area (Å²) < 4.78 is 4.62. The molecule has 0 radical (unpaired) electrons. The Morgan fingerprint density at radius 3 is 1.70 bits per heavy atom. The zero-order valence-corrected chi connectivity index (χ0v) is 27.2. The van der Waals surface area contributed by atoms with Gasteiger partial charge in [-0.15, -0.1) is 0 Å². The van der Waals surface area contributed by atoms with Gasteiger partial charge in [-0.1, -0.05) is 133 Å². The molecule has 1 aliphatic rings. The molecule has 5 heteroatoms. The zero-order valence-electron chi connectivity index (χ0n) is 27.2. The molecule has 0 saturated heterocycles. The van der Waals surface area contributed by atoms with Crippen LogP contribution in [-0.2, 0) is 0 Å². The minimum Gasteiger partial charge on any atom is -0.309 e.